The van der Waals surface area contributed by atoms with Crippen LogP contribution < -0.4 is 10.5 Å². The molecule has 0 radical (unpaired) electrons. The van der Waals surface area contributed by atoms with E-state index in [9.17, 15) is 26.4 Å². The molecule has 0 saturated carbocycles. The molecule has 3 N–H and O–H groups in total. The Bertz CT molecular complexity index is 862. The van der Waals surface area contributed by atoms with Crippen LogP contribution in [0.4, 0.5) is 13.2 Å². The number of carbonyl (C=O) groups excluding carboxylic acids is 1. The molecule has 0 unspecified atom stereocenters. The summed E-state index contributed by atoms with van der Waals surface area (Å²) in [6.07, 6.45) is -3.26. The van der Waals surface area contributed by atoms with E-state index in [1.807, 2.05) is 0 Å². The molecule has 0 saturated heterocycles. The summed E-state index contributed by atoms with van der Waals surface area (Å²) >= 11 is 0. The van der Waals surface area contributed by atoms with Gasteiger partial charge in [0.25, 0.3) is 5.91 Å². The quantitative estimate of drug-likeness (QED) is 0.748. The number of hydrogen-bond donors (Lipinski definition) is 2. The zero-order valence-electron chi connectivity index (χ0n) is 13.6. The Balaban J connectivity index is 1.81. The van der Waals surface area contributed by atoms with Crippen LogP contribution in [0.3, 0.4) is 0 Å². The van der Waals surface area contributed by atoms with Gasteiger partial charge in [0, 0.05) is 12.1 Å². The van der Waals surface area contributed by atoms with Gasteiger partial charge in [-0.05, 0) is 54.8 Å². The summed E-state index contributed by atoms with van der Waals surface area (Å²) in [7, 11) is -3.73. The van der Waals surface area contributed by atoms with E-state index < -0.39 is 27.7 Å². The van der Waals surface area contributed by atoms with Crippen molar-refractivity contribution in [1.29, 1.82) is 0 Å². The van der Waals surface area contributed by atoms with E-state index in [4.69, 9.17) is 5.14 Å². The van der Waals surface area contributed by atoms with Gasteiger partial charge in [-0.3, -0.25) is 4.79 Å². The maximum Gasteiger partial charge on any atom is 0.416 e. The van der Waals surface area contributed by atoms with Crippen molar-refractivity contribution in [2.24, 2.45) is 5.14 Å². The summed E-state index contributed by atoms with van der Waals surface area (Å²) in [5, 5.41) is 7.64. The Morgan fingerprint density at radius 1 is 1.00 bits per heavy atom. The fraction of sp³-hybridized carbons (Fsp3) is 0.235. The molecule has 2 aromatic rings. The third-order valence-electron chi connectivity index (χ3n) is 3.65. The van der Waals surface area contributed by atoms with Gasteiger partial charge in [0.1, 0.15) is 0 Å². The molecular weight excluding hydrogens is 369 g/mol. The molecule has 0 heterocycles. The molecule has 0 aliphatic heterocycles. The Kier molecular flexibility index (Phi) is 6.04. The number of amides is 1. The molecule has 0 bridgehead atoms. The lowest BCUT2D eigenvalue weighted by molar-refractivity contribution is -0.137. The Hall–Kier alpha value is -2.39. The monoisotopic (exact) mass is 386 g/mol. The molecule has 2 rings (SSSR count). The van der Waals surface area contributed by atoms with E-state index in [1.165, 1.54) is 12.1 Å². The van der Waals surface area contributed by atoms with Crippen molar-refractivity contribution >= 4 is 15.9 Å². The van der Waals surface area contributed by atoms with E-state index in [1.54, 1.807) is 12.1 Å². The molecule has 0 spiro atoms. The van der Waals surface area contributed by atoms with Crippen molar-refractivity contribution in [3.05, 3.63) is 65.2 Å². The van der Waals surface area contributed by atoms with E-state index in [0.29, 0.717) is 19.4 Å². The van der Waals surface area contributed by atoms with Crippen molar-refractivity contribution in [1.82, 2.24) is 5.32 Å². The third-order valence-corrected chi connectivity index (χ3v) is 4.58. The Labute approximate surface area is 149 Å². The molecule has 9 heteroatoms. The minimum absolute atomic E-state index is 0.0249. The lowest BCUT2D eigenvalue weighted by Crippen LogP contribution is -2.24. The number of halogens is 3. The van der Waals surface area contributed by atoms with E-state index in [2.05, 4.69) is 5.32 Å². The molecule has 0 aliphatic carbocycles. The van der Waals surface area contributed by atoms with Gasteiger partial charge in [0.05, 0.1) is 10.5 Å². The van der Waals surface area contributed by atoms with Crippen LogP contribution in [0.2, 0.25) is 0 Å². The standard InChI is InChI=1S/C17H17F3N2O3S/c18-17(19,20)14-7-5-13(6-8-14)16(23)22-11-1-2-12-3-9-15(10-4-12)26(21,24)25/h3-10H,1-2,11H2,(H,22,23)(H2,21,24,25). The molecule has 2 aromatic carbocycles. The van der Waals surface area contributed by atoms with Crippen molar-refractivity contribution < 1.29 is 26.4 Å². The first-order valence-electron chi connectivity index (χ1n) is 7.64. The van der Waals surface area contributed by atoms with Gasteiger partial charge < -0.3 is 5.32 Å². The second kappa shape index (κ2) is 7.88. The molecule has 0 atom stereocenters. The number of benzene rings is 2. The second-order valence-electron chi connectivity index (χ2n) is 5.62. The summed E-state index contributed by atoms with van der Waals surface area (Å²) in [6, 6.07) is 10.1. The van der Waals surface area contributed by atoms with Crippen molar-refractivity contribution in [2.75, 3.05) is 6.54 Å². The topological polar surface area (TPSA) is 89.3 Å². The Morgan fingerprint density at radius 2 is 1.58 bits per heavy atom. The number of rotatable bonds is 6. The number of alkyl halides is 3. The van der Waals surface area contributed by atoms with E-state index in [0.717, 1.165) is 29.8 Å². The first-order valence-corrected chi connectivity index (χ1v) is 9.19. The van der Waals surface area contributed by atoms with Gasteiger partial charge in [-0.2, -0.15) is 13.2 Å². The van der Waals surface area contributed by atoms with Gasteiger partial charge in [0.15, 0.2) is 0 Å². The van der Waals surface area contributed by atoms with Crippen LogP contribution in [0.15, 0.2) is 53.4 Å². The fourth-order valence-corrected chi connectivity index (χ4v) is 2.77. The molecule has 0 fully saturated rings. The first kappa shape index (κ1) is 19.9. The summed E-state index contributed by atoms with van der Waals surface area (Å²) in [5.41, 5.74) is 0.216. The highest BCUT2D eigenvalue weighted by Crippen LogP contribution is 2.29. The smallest absolute Gasteiger partial charge is 0.352 e. The minimum atomic E-state index is -4.44. The van der Waals surface area contributed by atoms with E-state index in [-0.39, 0.29) is 10.5 Å². The summed E-state index contributed by atoms with van der Waals surface area (Å²) in [6.45, 7) is 0.330. The molecule has 0 aromatic heterocycles. The molecule has 26 heavy (non-hydrogen) atoms. The summed E-state index contributed by atoms with van der Waals surface area (Å²) in [4.78, 5) is 11.9. The maximum absolute atomic E-state index is 12.5. The fourth-order valence-electron chi connectivity index (χ4n) is 2.25. The molecule has 0 aliphatic rings. The number of hydrogen-bond acceptors (Lipinski definition) is 3. The number of carbonyl (C=O) groups is 1. The number of nitrogens with one attached hydrogen (secondary N) is 1. The minimum Gasteiger partial charge on any atom is -0.352 e. The normalized spacial score (nSPS) is 12.0. The lowest BCUT2D eigenvalue weighted by Gasteiger charge is -2.08. The van der Waals surface area contributed by atoms with Crippen LogP contribution in [0.25, 0.3) is 0 Å². The van der Waals surface area contributed by atoms with Crippen molar-refractivity contribution in [2.45, 2.75) is 23.9 Å². The summed E-state index contributed by atoms with van der Waals surface area (Å²) < 4.78 is 59.8. The third kappa shape index (κ3) is 5.57. The number of primary sulfonamides is 1. The van der Waals surface area contributed by atoms with Crippen LogP contribution >= 0.6 is 0 Å². The van der Waals surface area contributed by atoms with Crippen LogP contribution in [0, 0.1) is 0 Å². The predicted octanol–water partition coefficient (Wildman–Crippen LogP) is 2.72. The molecule has 1 amide bonds. The maximum atomic E-state index is 12.5. The predicted molar refractivity (Wildman–Crippen MR) is 89.9 cm³/mol. The SMILES string of the molecule is NS(=O)(=O)c1ccc(CCCNC(=O)c2ccc(C(F)(F)F)cc2)cc1. The zero-order chi connectivity index (χ0) is 19.4. The van der Waals surface area contributed by atoms with Crippen molar-refractivity contribution in [3.63, 3.8) is 0 Å². The summed E-state index contributed by atoms with van der Waals surface area (Å²) in [5.74, 6) is -0.455. The number of aryl methyl sites for hydroxylation is 1. The zero-order valence-corrected chi connectivity index (χ0v) is 14.4. The average molecular weight is 386 g/mol. The van der Waals surface area contributed by atoms with Crippen LogP contribution in [-0.4, -0.2) is 20.9 Å². The van der Waals surface area contributed by atoms with Gasteiger partial charge in [-0.1, -0.05) is 12.1 Å². The average Bonchev–Trinajstić information content (AvgIpc) is 2.57. The van der Waals surface area contributed by atoms with Crippen LogP contribution in [0.1, 0.15) is 27.9 Å². The number of nitrogens with two attached hydrogens (primary N) is 1. The first-order chi connectivity index (χ1) is 12.1. The molecule has 5 nitrogen and oxygen atoms in total. The van der Waals surface area contributed by atoms with Gasteiger partial charge in [-0.15, -0.1) is 0 Å². The highest BCUT2D eigenvalue weighted by molar-refractivity contribution is 7.89. The lowest BCUT2D eigenvalue weighted by atomic mass is 10.1. The highest BCUT2D eigenvalue weighted by Gasteiger charge is 2.30. The number of sulfonamides is 1. The van der Waals surface area contributed by atoms with Gasteiger partial charge >= 0.3 is 6.18 Å². The van der Waals surface area contributed by atoms with Gasteiger partial charge in [0.2, 0.25) is 10.0 Å². The van der Waals surface area contributed by atoms with Gasteiger partial charge in [-0.25, -0.2) is 13.6 Å². The molecular formula is C17H17F3N2O3S. The second-order valence-corrected chi connectivity index (χ2v) is 7.18. The van der Waals surface area contributed by atoms with Crippen molar-refractivity contribution in [3.8, 4) is 0 Å². The van der Waals surface area contributed by atoms with Crippen LogP contribution in [0.5, 0.6) is 0 Å². The highest BCUT2D eigenvalue weighted by atomic mass is 32.2. The van der Waals surface area contributed by atoms with Crippen LogP contribution in [-0.2, 0) is 22.6 Å². The van der Waals surface area contributed by atoms with E-state index >= 15 is 0 Å². The largest absolute Gasteiger partial charge is 0.416 e. The Morgan fingerprint density at radius 3 is 2.08 bits per heavy atom. The molecule has 140 valence electrons.